The number of aromatic nitrogens is 1. The number of nitrogens with zero attached hydrogens (tertiary/aromatic N) is 1. The van der Waals surface area contributed by atoms with Crippen molar-refractivity contribution in [1.82, 2.24) is 10.3 Å². The average Bonchev–Trinajstić information content (AvgIpc) is 2.81. The zero-order valence-corrected chi connectivity index (χ0v) is 18.0. The third-order valence-electron chi connectivity index (χ3n) is 4.67. The summed E-state index contributed by atoms with van der Waals surface area (Å²) >= 11 is 1.54. The molecule has 2 N–H and O–H groups in total. The molecule has 3 aromatic rings. The fourth-order valence-electron chi connectivity index (χ4n) is 3.06. The molecule has 2 aromatic carbocycles. The van der Waals surface area contributed by atoms with E-state index in [0.717, 1.165) is 16.7 Å². The third kappa shape index (κ3) is 6.33. The number of amides is 1. The third-order valence-corrected chi connectivity index (χ3v) is 5.31. The van der Waals surface area contributed by atoms with Gasteiger partial charge in [0.1, 0.15) is 18.4 Å². The molecule has 0 aliphatic carbocycles. The second-order valence-electron chi connectivity index (χ2n) is 6.87. The highest BCUT2D eigenvalue weighted by Gasteiger charge is 2.22. The minimum atomic E-state index is -1.04. The second-order valence-corrected chi connectivity index (χ2v) is 7.85. The lowest BCUT2D eigenvalue weighted by Gasteiger charge is -2.17. The number of ether oxygens (including phenoxy) is 1. The van der Waals surface area contributed by atoms with E-state index < -0.39 is 17.9 Å². The molecule has 1 atom stereocenters. The van der Waals surface area contributed by atoms with E-state index in [9.17, 15) is 14.7 Å². The SMILES string of the molecule is CSCC[C@H](NC(=O)c1ccc(COc2cccnc2)cc1-c1ccccc1)C(=O)O. The molecule has 0 radical (unpaired) electrons. The summed E-state index contributed by atoms with van der Waals surface area (Å²) in [6, 6.07) is 17.7. The lowest BCUT2D eigenvalue weighted by atomic mass is 9.96. The summed E-state index contributed by atoms with van der Waals surface area (Å²) in [5.41, 5.74) is 2.90. The van der Waals surface area contributed by atoms with E-state index in [-0.39, 0.29) is 0 Å². The van der Waals surface area contributed by atoms with Gasteiger partial charge < -0.3 is 15.2 Å². The van der Waals surface area contributed by atoms with Gasteiger partial charge in [0.2, 0.25) is 0 Å². The zero-order valence-electron chi connectivity index (χ0n) is 17.2. The van der Waals surface area contributed by atoms with Gasteiger partial charge in [-0.25, -0.2) is 4.79 Å². The van der Waals surface area contributed by atoms with Crippen LogP contribution in [-0.4, -0.2) is 40.0 Å². The van der Waals surface area contributed by atoms with Crippen molar-refractivity contribution in [3.8, 4) is 16.9 Å². The fourth-order valence-corrected chi connectivity index (χ4v) is 3.54. The summed E-state index contributed by atoms with van der Waals surface area (Å²) < 4.78 is 5.78. The number of carboxylic acid groups (broad SMARTS) is 1. The molecule has 6 nitrogen and oxygen atoms in total. The van der Waals surface area contributed by atoms with Crippen LogP contribution in [0.1, 0.15) is 22.3 Å². The molecule has 0 aliphatic heterocycles. The highest BCUT2D eigenvalue weighted by atomic mass is 32.2. The molecule has 7 heteroatoms. The Morgan fingerprint density at radius 1 is 1.13 bits per heavy atom. The first-order chi connectivity index (χ1) is 15.1. The molecule has 1 amide bonds. The lowest BCUT2D eigenvalue weighted by molar-refractivity contribution is -0.139. The van der Waals surface area contributed by atoms with E-state index >= 15 is 0 Å². The van der Waals surface area contributed by atoms with Crippen molar-refractivity contribution >= 4 is 23.6 Å². The van der Waals surface area contributed by atoms with Crippen LogP contribution in [0.4, 0.5) is 0 Å². The van der Waals surface area contributed by atoms with Crippen LogP contribution < -0.4 is 10.1 Å². The largest absolute Gasteiger partial charge is 0.487 e. The predicted octanol–water partition coefficient (Wildman–Crippen LogP) is 4.26. The van der Waals surface area contributed by atoms with Crippen molar-refractivity contribution in [3.63, 3.8) is 0 Å². The van der Waals surface area contributed by atoms with Crippen LogP contribution in [0.3, 0.4) is 0 Å². The van der Waals surface area contributed by atoms with Crippen LogP contribution in [0, 0.1) is 0 Å². The summed E-state index contributed by atoms with van der Waals surface area (Å²) in [7, 11) is 0. The Balaban J connectivity index is 1.86. The number of hydrogen-bond donors (Lipinski definition) is 2. The predicted molar refractivity (Wildman–Crippen MR) is 122 cm³/mol. The quantitative estimate of drug-likeness (QED) is 0.494. The van der Waals surface area contributed by atoms with Gasteiger partial charge in [-0.1, -0.05) is 36.4 Å². The van der Waals surface area contributed by atoms with Crippen molar-refractivity contribution in [2.75, 3.05) is 12.0 Å². The van der Waals surface area contributed by atoms with E-state index in [2.05, 4.69) is 10.3 Å². The number of pyridine rings is 1. The van der Waals surface area contributed by atoms with Gasteiger partial charge in [0.05, 0.1) is 6.20 Å². The molecule has 0 unspecified atom stereocenters. The number of nitrogens with one attached hydrogen (secondary N) is 1. The van der Waals surface area contributed by atoms with E-state index in [4.69, 9.17) is 4.74 Å². The lowest BCUT2D eigenvalue weighted by Crippen LogP contribution is -2.41. The number of carboxylic acids is 1. The number of hydrogen-bond acceptors (Lipinski definition) is 5. The Morgan fingerprint density at radius 2 is 1.94 bits per heavy atom. The van der Waals surface area contributed by atoms with Crippen LogP contribution in [0.25, 0.3) is 11.1 Å². The number of thioether (sulfide) groups is 1. The van der Waals surface area contributed by atoms with Crippen molar-refractivity contribution in [1.29, 1.82) is 0 Å². The van der Waals surface area contributed by atoms with Crippen LogP contribution >= 0.6 is 11.8 Å². The molecule has 3 rings (SSSR count). The maximum Gasteiger partial charge on any atom is 0.326 e. The van der Waals surface area contributed by atoms with E-state index in [1.54, 1.807) is 36.3 Å². The topological polar surface area (TPSA) is 88.5 Å². The smallest absolute Gasteiger partial charge is 0.326 e. The first-order valence-electron chi connectivity index (χ1n) is 9.82. The van der Waals surface area contributed by atoms with Gasteiger partial charge >= 0.3 is 5.97 Å². The summed E-state index contributed by atoms with van der Waals surface area (Å²) in [5, 5.41) is 12.1. The van der Waals surface area contributed by atoms with Gasteiger partial charge in [0, 0.05) is 11.8 Å². The summed E-state index contributed by atoms with van der Waals surface area (Å²) in [6.07, 6.45) is 5.58. The van der Waals surface area contributed by atoms with Crippen LogP contribution in [-0.2, 0) is 11.4 Å². The Bertz CT molecular complexity index is 1010. The number of carbonyl (C=O) groups excluding carboxylic acids is 1. The van der Waals surface area contributed by atoms with E-state index in [1.165, 1.54) is 0 Å². The van der Waals surface area contributed by atoms with E-state index in [0.29, 0.717) is 30.1 Å². The minimum Gasteiger partial charge on any atom is -0.487 e. The molecule has 1 heterocycles. The molecule has 0 spiro atoms. The minimum absolute atomic E-state index is 0.318. The summed E-state index contributed by atoms with van der Waals surface area (Å²) in [5.74, 6) is -0.145. The van der Waals surface area contributed by atoms with Crippen molar-refractivity contribution in [2.24, 2.45) is 0 Å². The van der Waals surface area contributed by atoms with Crippen molar-refractivity contribution in [2.45, 2.75) is 19.1 Å². The Morgan fingerprint density at radius 3 is 2.61 bits per heavy atom. The first-order valence-corrected chi connectivity index (χ1v) is 11.2. The molecule has 31 heavy (non-hydrogen) atoms. The molecule has 0 fully saturated rings. The molecule has 0 aliphatic rings. The number of carbonyl (C=O) groups is 2. The fraction of sp³-hybridized carbons (Fsp3) is 0.208. The Hall–Kier alpha value is -3.32. The van der Waals surface area contributed by atoms with Gasteiger partial charge in [-0.15, -0.1) is 0 Å². The van der Waals surface area contributed by atoms with Crippen molar-refractivity contribution < 1.29 is 19.4 Å². The zero-order chi connectivity index (χ0) is 22.1. The molecule has 160 valence electrons. The molecule has 0 saturated heterocycles. The Labute approximate surface area is 185 Å². The standard InChI is InChI=1S/C24H24N2O4S/c1-31-13-11-22(24(28)29)26-23(27)20-10-9-17(16-30-19-8-5-12-25-15-19)14-21(20)18-6-3-2-4-7-18/h2-10,12,14-15,22H,11,13,16H2,1H3,(H,26,27)(H,28,29)/t22-/m0/s1. The van der Waals surface area contributed by atoms with Crippen LogP contribution in [0.2, 0.25) is 0 Å². The highest BCUT2D eigenvalue weighted by molar-refractivity contribution is 7.98. The van der Waals surface area contributed by atoms with Crippen molar-refractivity contribution in [3.05, 3.63) is 84.2 Å². The first kappa shape index (κ1) is 22.4. The molecule has 0 saturated carbocycles. The number of rotatable bonds is 10. The molecular weight excluding hydrogens is 412 g/mol. The summed E-state index contributed by atoms with van der Waals surface area (Å²) in [4.78, 5) is 28.6. The molecule has 1 aromatic heterocycles. The second kappa shape index (κ2) is 11.2. The summed E-state index contributed by atoms with van der Waals surface area (Å²) in [6.45, 7) is 0.318. The van der Waals surface area contributed by atoms with Crippen LogP contribution in [0.15, 0.2) is 73.1 Å². The van der Waals surface area contributed by atoms with Gasteiger partial charge in [0.25, 0.3) is 5.91 Å². The Kier molecular flexibility index (Phi) is 8.06. The monoisotopic (exact) mass is 436 g/mol. The number of benzene rings is 2. The highest BCUT2D eigenvalue weighted by Crippen LogP contribution is 2.26. The maximum absolute atomic E-state index is 13.0. The molecule has 0 bridgehead atoms. The van der Waals surface area contributed by atoms with Gasteiger partial charge in [-0.3, -0.25) is 9.78 Å². The van der Waals surface area contributed by atoms with Gasteiger partial charge in [0.15, 0.2) is 0 Å². The average molecular weight is 437 g/mol. The van der Waals surface area contributed by atoms with Gasteiger partial charge in [-0.05, 0) is 59.4 Å². The van der Waals surface area contributed by atoms with Crippen LogP contribution in [0.5, 0.6) is 5.75 Å². The normalized spacial score (nSPS) is 11.5. The van der Waals surface area contributed by atoms with Gasteiger partial charge in [-0.2, -0.15) is 11.8 Å². The molecular formula is C24H24N2O4S. The maximum atomic E-state index is 13.0. The van der Waals surface area contributed by atoms with E-state index in [1.807, 2.05) is 54.8 Å². The number of aliphatic carboxylic acids is 1.